The third-order valence-electron chi connectivity index (χ3n) is 5.04. The van der Waals surface area contributed by atoms with Crippen LogP contribution in [0.3, 0.4) is 0 Å². The summed E-state index contributed by atoms with van der Waals surface area (Å²) >= 11 is 1.31. The molecule has 0 bridgehead atoms. The molecule has 31 heavy (non-hydrogen) atoms. The van der Waals surface area contributed by atoms with Gasteiger partial charge in [0.15, 0.2) is 6.61 Å². The maximum absolute atomic E-state index is 12.3. The van der Waals surface area contributed by atoms with Crippen molar-refractivity contribution in [3.05, 3.63) is 49.9 Å². The zero-order valence-electron chi connectivity index (χ0n) is 17.0. The maximum atomic E-state index is 12.3. The molecule has 1 heterocycles. The minimum absolute atomic E-state index is 0.0584. The van der Waals surface area contributed by atoms with Gasteiger partial charge in [-0.2, -0.15) is 0 Å². The van der Waals surface area contributed by atoms with E-state index in [4.69, 9.17) is 10.5 Å². The van der Waals surface area contributed by atoms with E-state index in [0.29, 0.717) is 16.5 Å². The topological polar surface area (TPSA) is 154 Å². The summed E-state index contributed by atoms with van der Waals surface area (Å²) in [5, 5.41) is 16.7. The second-order valence-electron chi connectivity index (χ2n) is 7.28. The first-order valence-electron chi connectivity index (χ1n) is 9.58. The zero-order chi connectivity index (χ0) is 22.7. The van der Waals surface area contributed by atoms with Gasteiger partial charge in [0.05, 0.1) is 16.1 Å². The van der Waals surface area contributed by atoms with Gasteiger partial charge in [0.2, 0.25) is 0 Å². The molecule has 0 aliphatic heterocycles. The number of carbonyl (C=O) groups excluding carboxylic acids is 3. The molecule has 0 radical (unpaired) electrons. The molecular weight excluding hydrogens is 424 g/mol. The molecule has 3 rings (SSSR count). The Labute approximate surface area is 181 Å². The quantitative estimate of drug-likeness (QED) is 0.336. The number of amides is 2. The average molecular weight is 446 g/mol. The van der Waals surface area contributed by atoms with Crippen LogP contribution in [0.25, 0.3) is 0 Å². The molecule has 1 aromatic heterocycles. The van der Waals surface area contributed by atoms with Gasteiger partial charge in [0.1, 0.15) is 10.7 Å². The Balaban J connectivity index is 1.68. The van der Waals surface area contributed by atoms with E-state index in [1.165, 1.54) is 30.5 Å². The minimum atomic E-state index is -0.879. The monoisotopic (exact) mass is 446 g/mol. The Bertz CT molecular complexity index is 1060. The number of nitro benzene ring substituents is 1. The van der Waals surface area contributed by atoms with E-state index in [1.807, 2.05) is 0 Å². The number of hydrogen-bond donors (Lipinski definition) is 3. The first-order chi connectivity index (χ1) is 14.7. The molecule has 0 saturated heterocycles. The summed E-state index contributed by atoms with van der Waals surface area (Å²) < 4.78 is 4.98. The van der Waals surface area contributed by atoms with Crippen molar-refractivity contribution in [1.29, 1.82) is 0 Å². The molecule has 2 aromatic rings. The van der Waals surface area contributed by atoms with Crippen LogP contribution < -0.4 is 16.4 Å². The predicted molar refractivity (Wildman–Crippen MR) is 116 cm³/mol. The predicted octanol–water partition coefficient (Wildman–Crippen LogP) is 2.72. The maximum Gasteiger partial charge on any atom is 0.338 e. The van der Waals surface area contributed by atoms with Crippen molar-refractivity contribution in [3.63, 3.8) is 0 Å². The van der Waals surface area contributed by atoms with Crippen molar-refractivity contribution < 1.29 is 24.0 Å². The van der Waals surface area contributed by atoms with E-state index in [1.54, 1.807) is 0 Å². The smallest absolute Gasteiger partial charge is 0.338 e. The largest absolute Gasteiger partial charge is 0.452 e. The molecule has 4 N–H and O–H groups in total. The van der Waals surface area contributed by atoms with Gasteiger partial charge in [-0.1, -0.05) is 6.92 Å². The summed E-state index contributed by atoms with van der Waals surface area (Å²) in [5.41, 5.74) is 6.61. The van der Waals surface area contributed by atoms with E-state index in [0.717, 1.165) is 35.8 Å². The SMILES string of the molecule is CNc1ccc(C(=O)OCC(=O)Nc2sc3c(c2C(N)=O)CC[C@@H](C)C3)cc1[N+](=O)[O-]. The van der Waals surface area contributed by atoms with Gasteiger partial charge in [0, 0.05) is 18.0 Å². The van der Waals surface area contributed by atoms with Gasteiger partial charge in [-0.25, -0.2) is 4.79 Å². The first-order valence-corrected chi connectivity index (χ1v) is 10.4. The van der Waals surface area contributed by atoms with Crippen molar-refractivity contribution in [1.82, 2.24) is 0 Å². The number of esters is 1. The van der Waals surface area contributed by atoms with Crippen LogP contribution in [0.1, 0.15) is 44.5 Å². The van der Waals surface area contributed by atoms with Crippen LogP contribution in [0, 0.1) is 16.0 Å². The lowest BCUT2D eigenvalue weighted by Crippen LogP contribution is -2.23. The van der Waals surface area contributed by atoms with Crippen molar-refractivity contribution in [2.75, 3.05) is 24.3 Å². The van der Waals surface area contributed by atoms with Crippen LogP contribution in [-0.4, -0.2) is 36.4 Å². The van der Waals surface area contributed by atoms with Crippen molar-refractivity contribution in [2.45, 2.75) is 26.2 Å². The van der Waals surface area contributed by atoms with Crippen LogP contribution in [-0.2, 0) is 22.4 Å². The van der Waals surface area contributed by atoms with E-state index in [9.17, 15) is 24.5 Å². The highest BCUT2D eigenvalue weighted by Crippen LogP contribution is 2.39. The molecule has 0 fully saturated rings. The summed E-state index contributed by atoms with van der Waals surface area (Å²) in [7, 11) is 1.52. The Morgan fingerprint density at radius 1 is 1.35 bits per heavy atom. The molecule has 1 aliphatic carbocycles. The molecule has 10 nitrogen and oxygen atoms in total. The number of benzene rings is 1. The third-order valence-corrected chi connectivity index (χ3v) is 6.21. The fourth-order valence-electron chi connectivity index (χ4n) is 3.50. The zero-order valence-corrected chi connectivity index (χ0v) is 17.8. The molecular formula is C20H22N4O6S. The summed E-state index contributed by atoms with van der Waals surface area (Å²) in [6, 6.07) is 3.82. The molecule has 0 spiro atoms. The number of rotatable bonds is 7. The number of nitrogens with zero attached hydrogens (tertiary/aromatic N) is 1. The molecule has 1 aliphatic rings. The average Bonchev–Trinajstić information content (AvgIpc) is 3.08. The number of hydrogen-bond acceptors (Lipinski definition) is 8. The van der Waals surface area contributed by atoms with E-state index in [2.05, 4.69) is 17.6 Å². The van der Waals surface area contributed by atoms with Crippen LogP contribution >= 0.6 is 11.3 Å². The van der Waals surface area contributed by atoms with Crippen molar-refractivity contribution in [3.8, 4) is 0 Å². The summed E-state index contributed by atoms with van der Waals surface area (Å²) in [5.74, 6) is -1.65. The highest BCUT2D eigenvalue weighted by Gasteiger charge is 2.27. The normalized spacial score (nSPS) is 15.0. The van der Waals surface area contributed by atoms with Crippen LogP contribution in [0.2, 0.25) is 0 Å². The third kappa shape index (κ3) is 4.82. The Morgan fingerprint density at radius 3 is 2.74 bits per heavy atom. The lowest BCUT2D eigenvalue weighted by molar-refractivity contribution is -0.384. The molecule has 0 saturated carbocycles. The number of primary amides is 1. The standard InChI is InChI=1S/C20H22N4O6S/c1-10-3-5-12-15(7-10)31-19(17(12)18(21)26)23-16(25)9-30-20(27)11-4-6-13(22-2)14(8-11)24(28)29/h4,6,8,10,22H,3,5,7,9H2,1-2H3,(H2,21,26)(H,23,25)/t10-/m1/s1. The molecule has 164 valence electrons. The fraction of sp³-hybridized carbons (Fsp3) is 0.350. The number of nitro groups is 1. The van der Waals surface area contributed by atoms with Gasteiger partial charge in [0.25, 0.3) is 17.5 Å². The molecule has 11 heteroatoms. The number of nitrogens with two attached hydrogens (primary N) is 1. The lowest BCUT2D eigenvalue weighted by Gasteiger charge is -2.18. The van der Waals surface area contributed by atoms with E-state index < -0.39 is 29.3 Å². The Morgan fingerprint density at radius 2 is 2.10 bits per heavy atom. The number of carbonyl (C=O) groups is 3. The molecule has 1 aromatic carbocycles. The van der Waals surface area contributed by atoms with Crippen molar-refractivity contribution in [2.24, 2.45) is 11.7 Å². The minimum Gasteiger partial charge on any atom is -0.452 e. The van der Waals surface area contributed by atoms with E-state index >= 15 is 0 Å². The summed E-state index contributed by atoms with van der Waals surface area (Å²) in [4.78, 5) is 48.0. The number of thiophene rings is 1. The van der Waals surface area contributed by atoms with Crippen LogP contribution in [0.15, 0.2) is 18.2 Å². The first kappa shape index (κ1) is 22.2. The lowest BCUT2D eigenvalue weighted by atomic mass is 9.88. The van der Waals surface area contributed by atoms with Gasteiger partial charge in [-0.3, -0.25) is 19.7 Å². The molecule has 1 atom stereocenters. The van der Waals surface area contributed by atoms with Crippen molar-refractivity contribution >= 4 is 45.5 Å². The highest BCUT2D eigenvalue weighted by molar-refractivity contribution is 7.17. The number of anilines is 2. The van der Waals surface area contributed by atoms with Gasteiger partial charge >= 0.3 is 5.97 Å². The second-order valence-corrected chi connectivity index (χ2v) is 8.39. The number of fused-ring (bicyclic) bond motifs is 1. The number of ether oxygens (including phenoxy) is 1. The molecule has 0 unspecified atom stereocenters. The number of nitrogens with one attached hydrogen (secondary N) is 2. The summed E-state index contributed by atoms with van der Waals surface area (Å²) in [6.07, 6.45) is 2.47. The van der Waals surface area contributed by atoms with Gasteiger partial charge < -0.3 is 21.1 Å². The summed E-state index contributed by atoms with van der Waals surface area (Å²) in [6.45, 7) is 1.51. The Hall–Kier alpha value is -3.47. The van der Waals surface area contributed by atoms with Gasteiger partial charge in [-0.05, 0) is 42.9 Å². The van der Waals surface area contributed by atoms with Crippen LogP contribution in [0.4, 0.5) is 16.4 Å². The fourth-order valence-corrected chi connectivity index (χ4v) is 4.93. The van der Waals surface area contributed by atoms with Gasteiger partial charge in [-0.15, -0.1) is 11.3 Å². The Kier molecular flexibility index (Phi) is 6.54. The second kappa shape index (κ2) is 9.13. The van der Waals surface area contributed by atoms with E-state index in [-0.39, 0.29) is 16.9 Å². The highest BCUT2D eigenvalue weighted by atomic mass is 32.1. The van der Waals surface area contributed by atoms with Crippen LogP contribution in [0.5, 0.6) is 0 Å². The molecule has 2 amide bonds.